The van der Waals surface area contributed by atoms with Crippen LogP contribution in [0.5, 0.6) is 0 Å². The Morgan fingerprint density at radius 1 is 0.656 bits per heavy atom. The van der Waals surface area contributed by atoms with E-state index in [2.05, 4.69) is 46.2 Å². The molecule has 2 aromatic carbocycles. The molecule has 0 aromatic heterocycles. The molecular formula is C26H32N2O3Si. The minimum absolute atomic E-state index is 0.223. The highest BCUT2D eigenvalue weighted by molar-refractivity contribution is 7.04. The fourth-order valence-electron chi connectivity index (χ4n) is 6.27. The first-order chi connectivity index (χ1) is 15.8. The summed E-state index contributed by atoms with van der Waals surface area (Å²) >= 11 is 0. The number of hydrogen-bond donors (Lipinski definition) is 0. The monoisotopic (exact) mass is 448 g/mol. The Hall–Kier alpha value is -2.15. The molecule has 0 atom stereocenters. The minimum Gasteiger partial charge on any atom is -0.378 e. The normalized spacial score (nSPS) is 22.6. The highest BCUT2D eigenvalue weighted by Gasteiger charge is 2.46. The molecule has 0 saturated carbocycles. The van der Waals surface area contributed by atoms with E-state index in [0.29, 0.717) is 0 Å². The summed E-state index contributed by atoms with van der Waals surface area (Å²) < 4.78 is 11.2. The van der Waals surface area contributed by atoms with Crippen molar-refractivity contribution in [1.82, 2.24) is 0 Å². The molecule has 2 aromatic rings. The van der Waals surface area contributed by atoms with Crippen molar-refractivity contribution in [2.45, 2.75) is 31.4 Å². The Bertz CT molecular complexity index is 948. The summed E-state index contributed by atoms with van der Waals surface area (Å²) in [5.41, 5.74) is 4.49. The molecule has 6 rings (SSSR count). The van der Waals surface area contributed by atoms with Crippen LogP contribution in [0.15, 0.2) is 36.4 Å². The quantitative estimate of drug-likeness (QED) is 0.661. The molecule has 4 heterocycles. The minimum atomic E-state index is -1.98. The van der Waals surface area contributed by atoms with Gasteiger partial charge in [0.05, 0.1) is 26.4 Å². The summed E-state index contributed by atoms with van der Waals surface area (Å²) in [6.45, 7) is 6.85. The second-order valence-corrected chi connectivity index (χ2v) is 13.9. The van der Waals surface area contributed by atoms with E-state index in [1.165, 1.54) is 53.1 Å². The Balaban J connectivity index is 1.48. The van der Waals surface area contributed by atoms with E-state index in [-0.39, 0.29) is 5.78 Å². The van der Waals surface area contributed by atoms with Crippen LogP contribution in [0.25, 0.3) is 0 Å². The van der Waals surface area contributed by atoms with Crippen LogP contribution in [0.2, 0.25) is 12.1 Å². The average Bonchev–Trinajstić information content (AvgIpc) is 2.88. The van der Waals surface area contributed by atoms with Crippen LogP contribution in [-0.2, 0) is 9.47 Å². The molecule has 3 fully saturated rings. The predicted octanol–water partition coefficient (Wildman–Crippen LogP) is 2.65. The van der Waals surface area contributed by atoms with Crippen molar-refractivity contribution in [3.63, 3.8) is 0 Å². The molecule has 5 nitrogen and oxygen atoms in total. The molecule has 168 valence electrons. The Morgan fingerprint density at radius 3 is 1.59 bits per heavy atom. The van der Waals surface area contributed by atoms with Crippen molar-refractivity contribution >= 4 is 35.6 Å². The third-order valence-corrected chi connectivity index (χ3v) is 13.3. The molecule has 3 saturated heterocycles. The first-order valence-corrected chi connectivity index (χ1v) is 14.7. The molecule has 0 N–H and O–H groups in total. The van der Waals surface area contributed by atoms with Crippen molar-refractivity contribution in [3.8, 4) is 0 Å². The van der Waals surface area contributed by atoms with Crippen LogP contribution in [0, 0.1) is 0 Å². The number of anilines is 2. The molecule has 1 spiro atoms. The maximum absolute atomic E-state index is 13.7. The van der Waals surface area contributed by atoms with Gasteiger partial charge in [-0.05, 0) is 58.9 Å². The van der Waals surface area contributed by atoms with E-state index in [4.69, 9.17) is 9.47 Å². The van der Waals surface area contributed by atoms with Crippen LogP contribution < -0.4 is 20.2 Å². The van der Waals surface area contributed by atoms with Gasteiger partial charge in [0.2, 0.25) is 0 Å². The molecule has 0 unspecified atom stereocenters. The van der Waals surface area contributed by atoms with Crippen molar-refractivity contribution < 1.29 is 14.3 Å². The van der Waals surface area contributed by atoms with Crippen molar-refractivity contribution in [1.29, 1.82) is 0 Å². The van der Waals surface area contributed by atoms with Crippen LogP contribution in [0.1, 0.15) is 35.2 Å². The van der Waals surface area contributed by atoms with Gasteiger partial charge in [-0.1, -0.05) is 19.3 Å². The van der Waals surface area contributed by atoms with E-state index in [9.17, 15) is 4.79 Å². The molecule has 0 bridgehead atoms. The topological polar surface area (TPSA) is 42.0 Å². The van der Waals surface area contributed by atoms with Gasteiger partial charge in [-0.3, -0.25) is 4.79 Å². The van der Waals surface area contributed by atoms with Gasteiger partial charge in [0.25, 0.3) is 0 Å². The number of rotatable bonds is 2. The van der Waals surface area contributed by atoms with Gasteiger partial charge in [0.1, 0.15) is 8.07 Å². The van der Waals surface area contributed by atoms with Crippen LogP contribution in [-0.4, -0.2) is 66.5 Å². The SMILES string of the molecule is O=C1c2ccc(N3CCOCC3)cc2[Si]2(CCCCC2)c2cc(N3CCOCC3)ccc21. The number of benzene rings is 2. The molecule has 0 amide bonds. The Labute approximate surface area is 191 Å². The van der Waals surface area contributed by atoms with E-state index < -0.39 is 8.07 Å². The molecular weight excluding hydrogens is 416 g/mol. The molecule has 4 aliphatic heterocycles. The number of fused-ring (bicyclic) bond motifs is 4. The highest BCUT2D eigenvalue weighted by Crippen LogP contribution is 2.35. The lowest BCUT2D eigenvalue weighted by atomic mass is 10.0. The number of nitrogens with zero attached hydrogens (tertiary/aromatic N) is 2. The second-order valence-electron chi connectivity index (χ2n) is 9.63. The average molecular weight is 449 g/mol. The summed E-state index contributed by atoms with van der Waals surface area (Å²) in [4.78, 5) is 18.5. The van der Waals surface area contributed by atoms with Crippen LogP contribution in [0.4, 0.5) is 11.4 Å². The lowest BCUT2D eigenvalue weighted by Gasteiger charge is -2.43. The van der Waals surface area contributed by atoms with Gasteiger partial charge in [-0.25, -0.2) is 0 Å². The zero-order valence-corrected chi connectivity index (χ0v) is 19.8. The summed E-state index contributed by atoms with van der Waals surface area (Å²) in [5.74, 6) is 0.223. The van der Waals surface area contributed by atoms with Gasteiger partial charge in [0, 0.05) is 48.7 Å². The van der Waals surface area contributed by atoms with Crippen molar-refractivity contribution in [3.05, 3.63) is 47.5 Å². The summed E-state index contributed by atoms with van der Waals surface area (Å²) in [7, 11) is -1.98. The Kier molecular flexibility index (Phi) is 5.32. The number of carbonyl (C=O) groups is 1. The zero-order chi connectivity index (χ0) is 21.5. The Morgan fingerprint density at radius 2 is 1.12 bits per heavy atom. The number of carbonyl (C=O) groups excluding carboxylic acids is 1. The third-order valence-electron chi connectivity index (χ3n) is 7.99. The number of morpholine rings is 2. The molecule has 4 aliphatic rings. The first kappa shape index (κ1) is 20.5. The van der Waals surface area contributed by atoms with Gasteiger partial charge in [-0.2, -0.15) is 0 Å². The maximum atomic E-state index is 13.7. The molecule has 32 heavy (non-hydrogen) atoms. The standard InChI is InChI=1S/C26H32N2O3Si/c29-26-22-6-4-20(27-8-12-30-13-9-27)18-24(22)32(16-2-1-3-17-32)25-19-21(5-7-23(25)26)28-10-14-31-15-11-28/h4-7,18-19H,1-3,8-17H2. The van der Waals surface area contributed by atoms with Crippen LogP contribution in [0.3, 0.4) is 0 Å². The molecule has 0 aliphatic carbocycles. The van der Waals surface area contributed by atoms with E-state index in [0.717, 1.165) is 63.7 Å². The smallest absolute Gasteiger partial charge is 0.192 e. The molecule has 6 heteroatoms. The highest BCUT2D eigenvalue weighted by atomic mass is 28.3. The van der Waals surface area contributed by atoms with Crippen LogP contribution >= 0.6 is 0 Å². The maximum Gasteiger partial charge on any atom is 0.192 e. The lowest BCUT2D eigenvalue weighted by Crippen LogP contribution is -2.64. The summed E-state index contributed by atoms with van der Waals surface area (Å²) in [5, 5.41) is 2.80. The zero-order valence-electron chi connectivity index (χ0n) is 18.8. The number of ether oxygens (including phenoxy) is 2. The summed E-state index contributed by atoms with van der Waals surface area (Å²) in [6, 6.07) is 15.9. The predicted molar refractivity (Wildman–Crippen MR) is 131 cm³/mol. The van der Waals surface area contributed by atoms with Gasteiger partial charge >= 0.3 is 0 Å². The fraction of sp³-hybridized carbons (Fsp3) is 0.500. The first-order valence-electron chi connectivity index (χ1n) is 12.3. The van der Waals surface area contributed by atoms with Gasteiger partial charge < -0.3 is 19.3 Å². The van der Waals surface area contributed by atoms with E-state index >= 15 is 0 Å². The van der Waals surface area contributed by atoms with Gasteiger partial charge in [-0.15, -0.1) is 0 Å². The van der Waals surface area contributed by atoms with E-state index in [1.807, 2.05) is 0 Å². The fourth-order valence-corrected chi connectivity index (χ4v) is 11.9. The second kappa shape index (κ2) is 8.32. The van der Waals surface area contributed by atoms with E-state index in [1.54, 1.807) is 0 Å². The number of hydrogen-bond acceptors (Lipinski definition) is 5. The van der Waals surface area contributed by atoms with Crippen molar-refractivity contribution in [2.75, 3.05) is 62.4 Å². The molecule has 0 radical (unpaired) electrons. The largest absolute Gasteiger partial charge is 0.378 e. The number of ketones is 1. The third kappa shape index (κ3) is 3.31. The van der Waals surface area contributed by atoms with Gasteiger partial charge in [0.15, 0.2) is 5.78 Å². The lowest BCUT2D eigenvalue weighted by molar-refractivity contribution is 0.103. The summed E-state index contributed by atoms with van der Waals surface area (Å²) in [6.07, 6.45) is 3.88. The van der Waals surface area contributed by atoms with Crippen molar-refractivity contribution in [2.24, 2.45) is 0 Å².